The highest BCUT2D eigenvalue weighted by Crippen LogP contribution is 2.28. The van der Waals surface area contributed by atoms with E-state index in [1.165, 1.54) is 25.0 Å². The summed E-state index contributed by atoms with van der Waals surface area (Å²) in [6, 6.07) is 0.791. The van der Waals surface area contributed by atoms with E-state index in [2.05, 4.69) is 23.4 Å². The second-order valence-corrected chi connectivity index (χ2v) is 5.41. The van der Waals surface area contributed by atoms with Crippen LogP contribution in [0.15, 0.2) is 12.5 Å². The van der Waals surface area contributed by atoms with E-state index < -0.39 is 0 Å². The van der Waals surface area contributed by atoms with Crippen LogP contribution in [0.5, 0.6) is 0 Å². The fraction of sp³-hybridized carbons (Fsp3) is 0.769. The summed E-state index contributed by atoms with van der Waals surface area (Å²) >= 11 is 0. The van der Waals surface area contributed by atoms with Crippen LogP contribution >= 0.6 is 0 Å². The number of rotatable bonds is 3. The maximum absolute atomic E-state index is 6.22. The van der Waals surface area contributed by atoms with Crippen LogP contribution in [-0.4, -0.2) is 15.6 Å². The van der Waals surface area contributed by atoms with E-state index in [0.29, 0.717) is 18.0 Å². The Labute approximate surface area is 98.1 Å². The predicted octanol–water partition coefficient (Wildman–Crippen LogP) is 2.52. The molecule has 0 spiro atoms. The van der Waals surface area contributed by atoms with E-state index in [9.17, 15) is 0 Å². The molecule has 90 valence electrons. The molecule has 2 atom stereocenters. The highest BCUT2D eigenvalue weighted by Gasteiger charge is 2.24. The zero-order valence-corrected chi connectivity index (χ0v) is 10.4. The van der Waals surface area contributed by atoms with Gasteiger partial charge in [-0.25, -0.2) is 4.98 Å². The molecule has 1 saturated carbocycles. The molecule has 2 N–H and O–H groups in total. The van der Waals surface area contributed by atoms with Crippen molar-refractivity contribution < 1.29 is 0 Å². The van der Waals surface area contributed by atoms with Gasteiger partial charge in [-0.2, -0.15) is 0 Å². The Morgan fingerprint density at radius 2 is 2.19 bits per heavy atom. The molecule has 16 heavy (non-hydrogen) atoms. The number of nitrogens with zero attached hydrogens (tertiary/aromatic N) is 2. The van der Waals surface area contributed by atoms with E-state index in [1.807, 2.05) is 12.5 Å². The van der Waals surface area contributed by atoms with Gasteiger partial charge in [-0.1, -0.05) is 26.7 Å². The van der Waals surface area contributed by atoms with E-state index >= 15 is 0 Å². The molecule has 3 heteroatoms. The molecule has 2 rings (SSSR count). The summed E-state index contributed by atoms with van der Waals surface area (Å²) in [5.74, 6) is 0.676. The summed E-state index contributed by atoms with van der Waals surface area (Å²) in [6.07, 6.45) is 10.0. The largest absolute Gasteiger partial charge is 0.330 e. The summed E-state index contributed by atoms with van der Waals surface area (Å²) in [4.78, 5) is 4.29. The summed E-state index contributed by atoms with van der Waals surface area (Å²) < 4.78 is 2.32. The highest BCUT2D eigenvalue weighted by atomic mass is 15.1. The molecule has 3 nitrogen and oxygen atoms in total. The van der Waals surface area contributed by atoms with Crippen LogP contribution in [0.1, 0.15) is 51.3 Å². The maximum atomic E-state index is 6.22. The Bertz CT molecular complexity index is 330. The summed E-state index contributed by atoms with van der Waals surface area (Å²) in [5.41, 5.74) is 7.57. The van der Waals surface area contributed by atoms with Gasteiger partial charge in [-0.3, -0.25) is 0 Å². The number of hydrogen-bond donors (Lipinski definition) is 1. The minimum Gasteiger partial charge on any atom is -0.330 e. The monoisotopic (exact) mass is 221 g/mol. The predicted molar refractivity (Wildman–Crippen MR) is 66.2 cm³/mol. The van der Waals surface area contributed by atoms with Crippen molar-refractivity contribution in [1.29, 1.82) is 0 Å². The minimum atomic E-state index is 0.314. The van der Waals surface area contributed by atoms with Gasteiger partial charge in [-0.15, -0.1) is 0 Å². The van der Waals surface area contributed by atoms with Gasteiger partial charge >= 0.3 is 0 Å². The van der Waals surface area contributed by atoms with Crippen LogP contribution in [0, 0.1) is 5.92 Å². The molecule has 0 unspecified atom stereocenters. The van der Waals surface area contributed by atoms with E-state index in [4.69, 9.17) is 5.73 Å². The zero-order valence-electron chi connectivity index (χ0n) is 10.4. The first kappa shape index (κ1) is 11.6. The van der Waals surface area contributed by atoms with Gasteiger partial charge in [0.05, 0.1) is 6.33 Å². The van der Waals surface area contributed by atoms with E-state index in [1.54, 1.807) is 0 Å². The van der Waals surface area contributed by atoms with Crippen molar-refractivity contribution in [3.05, 3.63) is 18.2 Å². The van der Waals surface area contributed by atoms with Crippen molar-refractivity contribution in [2.24, 2.45) is 11.7 Å². The maximum Gasteiger partial charge on any atom is 0.0951 e. The SMILES string of the molecule is CC(C)Cc1cncn1[C@@H]1CCCC[C@H]1N. The fourth-order valence-corrected chi connectivity index (χ4v) is 2.69. The average Bonchev–Trinajstić information content (AvgIpc) is 2.66. The van der Waals surface area contributed by atoms with Crippen LogP contribution in [0.25, 0.3) is 0 Å². The summed E-state index contributed by atoms with van der Waals surface area (Å²) in [5, 5.41) is 0. The van der Waals surface area contributed by atoms with Crippen LogP contribution < -0.4 is 5.73 Å². The Hall–Kier alpha value is -0.830. The molecular weight excluding hydrogens is 198 g/mol. The molecule has 0 aliphatic heterocycles. The second-order valence-electron chi connectivity index (χ2n) is 5.41. The van der Waals surface area contributed by atoms with Crippen molar-refractivity contribution in [3.63, 3.8) is 0 Å². The van der Waals surface area contributed by atoms with Crippen molar-refractivity contribution in [2.75, 3.05) is 0 Å². The molecule has 0 saturated heterocycles. The number of hydrogen-bond acceptors (Lipinski definition) is 2. The third-order valence-corrected chi connectivity index (χ3v) is 3.50. The Balaban J connectivity index is 2.15. The number of nitrogens with two attached hydrogens (primary N) is 1. The van der Waals surface area contributed by atoms with Gasteiger partial charge in [0.15, 0.2) is 0 Å². The molecule has 0 amide bonds. The molecule has 1 fully saturated rings. The van der Waals surface area contributed by atoms with Crippen molar-refractivity contribution in [2.45, 2.75) is 58.0 Å². The normalized spacial score (nSPS) is 26.2. The fourth-order valence-electron chi connectivity index (χ4n) is 2.69. The molecule has 0 aromatic carbocycles. The highest BCUT2D eigenvalue weighted by molar-refractivity contribution is 5.03. The average molecular weight is 221 g/mol. The zero-order chi connectivity index (χ0) is 11.5. The molecule has 1 aliphatic rings. The minimum absolute atomic E-state index is 0.314. The number of imidazole rings is 1. The van der Waals surface area contributed by atoms with Gasteiger partial charge in [0.25, 0.3) is 0 Å². The Morgan fingerprint density at radius 1 is 1.44 bits per heavy atom. The van der Waals surface area contributed by atoms with Crippen LogP contribution in [0.3, 0.4) is 0 Å². The van der Waals surface area contributed by atoms with Crippen molar-refractivity contribution in [3.8, 4) is 0 Å². The molecule has 0 radical (unpaired) electrons. The molecule has 1 aromatic rings. The van der Waals surface area contributed by atoms with Crippen LogP contribution in [0.2, 0.25) is 0 Å². The first-order chi connectivity index (χ1) is 7.68. The molecule has 0 bridgehead atoms. The lowest BCUT2D eigenvalue weighted by Crippen LogP contribution is -2.35. The number of aromatic nitrogens is 2. The topological polar surface area (TPSA) is 43.8 Å². The van der Waals surface area contributed by atoms with Gasteiger partial charge < -0.3 is 10.3 Å². The lowest BCUT2D eigenvalue weighted by Gasteiger charge is -2.31. The first-order valence-corrected chi connectivity index (χ1v) is 6.44. The van der Waals surface area contributed by atoms with Gasteiger partial charge in [0.1, 0.15) is 0 Å². The Kier molecular flexibility index (Phi) is 3.64. The smallest absolute Gasteiger partial charge is 0.0951 e. The van der Waals surface area contributed by atoms with Gasteiger partial charge in [-0.05, 0) is 25.2 Å². The molecular formula is C13H23N3. The summed E-state index contributed by atoms with van der Waals surface area (Å²) in [7, 11) is 0. The van der Waals surface area contributed by atoms with E-state index in [-0.39, 0.29) is 0 Å². The standard InChI is InChI=1S/C13H23N3/c1-10(2)7-11-8-15-9-16(11)13-6-4-3-5-12(13)14/h8-10,12-13H,3-7,14H2,1-2H3/t12-,13-/m1/s1. The molecule has 1 aliphatic carbocycles. The van der Waals surface area contributed by atoms with Crippen LogP contribution in [0.4, 0.5) is 0 Å². The van der Waals surface area contributed by atoms with Gasteiger partial charge in [0.2, 0.25) is 0 Å². The third kappa shape index (κ3) is 2.46. The van der Waals surface area contributed by atoms with Crippen molar-refractivity contribution in [1.82, 2.24) is 9.55 Å². The Morgan fingerprint density at radius 3 is 2.88 bits per heavy atom. The quantitative estimate of drug-likeness (QED) is 0.852. The lowest BCUT2D eigenvalue weighted by atomic mass is 9.90. The van der Waals surface area contributed by atoms with E-state index in [0.717, 1.165) is 12.8 Å². The summed E-state index contributed by atoms with van der Waals surface area (Å²) in [6.45, 7) is 4.50. The van der Waals surface area contributed by atoms with Crippen molar-refractivity contribution >= 4 is 0 Å². The third-order valence-electron chi connectivity index (χ3n) is 3.50. The second kappa shape index (κ2) is 5.00. The van der Waals surface area contributed by atoms with Crippen LogP contribution in [-0.2, 0) is 6.42 Å². The van der Waals surface area contributed by atoms with Gasteiger partial charge in [0, 0.05) is 24.0 Å². The first-order valence-electron chi connectivity index (χ1n) is 6.44. The molecule has 1 heterocycles. The lowest BCUT2D eigenvalue weighted by molar-refractivity contribution is 0.299. The molecule has 1 aromatic heterocycles.